The van der Waals surface area contributed by atoms with E-state index < -0.39 is 11.6 Å². The fourth-order valence-corrected chi connectivity index (χ4v) is 1.73. The van der Waals surface area contributed by atoms with Crippen LogP contribution < -0.4 is 0 Å². The van der Waals surface area contributed by atoms with Gasteiger partial charge in [0.25, 0.3) is 0 Å². The van der Waals surface area contributed by atoms with Gasteiger partial charge in [0.1, 0.15) is 0 Å². The first-order valence-corrected chi connectivity index (χ1v) is 4.49. The highest BCUT2D eigenvalue weighted by Gasteiger charge is 2.44. The Kier molecular flexibility index (Phi) is 2.43. The number of hydrogen-bond acceptors (Lipinski definition) is 1. The lowest BCUT2D eigenvalue weighted by atomic mass is 9.99. The van der Waals surface area contributed by atoms with Crippen LogP contribution in [0.2, 0.25) is 0 Å². The van der Waals surface area contributed by atoms with Crippen LogP contribution in [-0.2, 0) is 0 Å². The highest BCUT2D eigenvalue weighted by Crippen LogP contribution is 2.36. The normalized spacial score (nSPS) is 25.8. The fraction of sp³-hybridized carbons (Fsp3) is 1.00. The van der Waals surface area contributed by atoms with Crippen molar-refractivity contribution in [2.24, 2.45) is 0 Å². The Hall–Kier alpha value is -0.180. The lowest BCUT2D eigenvalue weighted by Crippen LogP contribution is -2.54. The van der Waals surface area contributed by atoms with Crippen LogP contribution in [0.4, 0.5) is 8.78 Å². The Bertz CT molecular complexity index is 160. The number of rotatable bonds is 0. The molecule has 0 unspecified atom stereocenters. The molecule has 0 aromatic carbocycles. The SMILES string of the molecule is CC(C)(C)N1CCCCC1(F)F. The Morgan fingerprint density at radius 1 is 1.17 bits per heavy atom. The summed E-state index contributed by atoms with van der Waals surface area (Å²) in [5.74, 6) is 0. The summed E-state index contributed by atoms with van der Waals surface area (Å²) in [6.45, 7) is 6.04. The topological polar surface area (TPSA) is 3.24 Å². The minimum atomic E-state index is -2.59. The monoisotopic (exact) mass is 177 g/mol. The number of hydrogen-bond donors (Lipinski definition) is 0. The molecule has 0 aromatic heterocycles. The van der Waals surface area contributed by atoms with Gasteiger partial charge in [0.15, 0.2) is 0 Å². The molecule has 1 rings (SSSR count). The van der Waals surface area contributed by atoms with Gasteiger partial charge in [-0.15, -0.1) is 0 Å². The first-order chi connectivity index (χ1) is 5.34. The molecule has 3 heteroatoms. The third-order valence-electron chi connectivity index (χ3n) is 2.31. The fourth-order valence-electron chi connectivity index (χ4n) is 1.73. The first kappa shape index (κ1) is 9.90. The molecule has 0 atom stereocenters. The molecule has 1 aliphatic heterocycles. The second-order valence-electron chi connectivity index (χ2n) is 4.45. The molecule has 0 amide bonds. The van der Waals surface area contributed by atoms with Crippen molar-refractivity contribution in [1.29, 1.82) is 0 Å². The van der Waals surface area contributed by atoms with Gasteiger partial charge >= 0.3 is 6.05 Å². The van der Waals surface area contributed by atoms with E-state index in [1.807, 2.05) is 20.8 Å². The lowest BCUT2D eigenvalue weighted by molar-refractivity contribution is -0.200. The average Bonchev–Trinajstić information content (AvgIpc) is 1.83. The maximum Gasteiger partial charge on any atom is 0.305 e. The predicted octanol–water partition coefficient (Wildman–Crippen LogP) is 2.86. The molecule has 1 saturated heterocycles. The van der Waals surface area contributed by atoms with Crippen LogP contribution >= 0.6 is 0 Å². The molecule has 1 aliphatic rings. The van der Waals surface area contributed by atoms with Gasteiger partial charge in [-0.2, -0.15) is 8.78 Å². The molecule has 1 heterocycles. The van der Waals surface area contributed by atoms with Crippen molar-refractivity contribution >= 4 is 0 Å². The van der Waals surface area contributed by atoms with Gasteiger partial charge in [0, 0.05) is 18.5 Å². The van der Waals surface area contributed by atoms with Crippen molar-refractivity contribution in [2.45, 2.75) is 51.6 Å². The van der Waals surface area contributed by atoms with Crippen molar-refractivity contribution in [2.75, 3.05) is 6.54 Å². The Balaban J connectivity index is 2.73. The van der Waals surface area contributed by atoms with Gasteiger partial charge in [-0.05, 0) is 33.6 Å². The van der Waals surface area contributed by atoms with Gasteiger partial charge in [-0.1, -0.05) is 0 Å². The Morgan fingerprint density at radius 3 is 2.08 bits per heavy atom. The van der Waals surface area contributed by atoms with Crippen molar-refractivity contribution in [3.8, 4) is 0 Å². The quantitative estimate of drug-likeness (QED) is 0.514. The molecule has 0 N–H and O–H groups in total. The molecular weight excluding hydrogens is 160 g/mol. The summed E-state index contributed by atoms with van der Waals surface area (Å²) < 4.78 is 26.6. The molecular formula is C9H17F2N. The van der Waals surface area contributed by atoms with Gasteiger partial charge in [-0.25, -0.2) is 4.90 Å². The molecule has 0 bridgehead atoms. The molecule has 0 spiro atoms. The second-order valence-corrected chi connectivity index (χ2v) is 4.45. The number of likely N-dealkylation sites (tertiary alicyclic amines) is 1. The number of piperidine rings is 1. The van der Waals surface area contributed by atoms with Crippen molar-refractivity contribution < 1.29 is 8.78 Å². The average molecular weight is 177 g/mol. The standard InChI is InChI=1S/C9H17F2N/c1-8(2,3)12-7-5-4-6-9(12,10)11/h4-7H2,1-3H3. The maximum atomic E-state index is 13.3. The third-order valence-corrected chi connectivity index (χ3v) is 2.31. The van der Waals surface area contributed by atoms with Crippen LogP contribution in [0.15, 0.2) is 0 Å². The summed E-state index contributed by atoms with van der Waals surface area (Å²) in [5, 5.41) is 0. The van der Waals surface area contributed by atoms with E-state index in [2.05, 4.69) is 0 Å². The van der Waals surface area contributed by atoms with E-state index >= 15 is 0 Å². The number of alkyl halides is 2. The molecule has 0 aliphatic carbocycles. The third kappa shape index (κ3) is 1.94. The lowest BCUT2D eigenvalue weighted by Gasteiger charge is -2.43. The predicted molar refractivity (Wildman–Crippen MR) is 45.3 cm³/mol. The Labute approximate surface area is 72.7 Å². The summed E-state index contributed by atoms with van der Waals surface area (Å²) in [7, 11) is 0. The highest BCUT2D eigenvalue weighted by atomic mass is 19.3. The minimum Gasteiger partial charge on any atom is -0.240 e. The Morgan fingerprint density at radius 2 is 1.75 bits per heavy atom. The van der Waals surface area contributed by atoms with Crippen LogP contribution in [0.1, 0.15) is 40.0 Å². The smallest absolute Gasteiger partial charge is 0.240 e. The molecule has 1 fully saturated rings. The first-order valence-electron chi connectivity index (χ1n) is 4.49. The second kappa shape index (κ2) is 2.95. The van der Waals surface area contributed by atoms with Crippen LogP contribution in [-0.4, -0.2) is 23.0 Å². The summed E-state index contributed by atoms with van der Waals surface area (Å²) in [4.78, 5) is 1.31. The summed E-state index contributed by atoms with van der Waals surface area (Å²) in [6, 6.07) is -2.59. The van der Waals surface area contributed by atoms with Gasteiger partial charge in [-0.3, -0.25) is 0 Å². The zero-order valence-corrected chi connectivity index (χ0v) is 8.03. The van der Waals surface area contributed by atoms with E-state index in [1.165, 1.54) is 4.90 Å². The summed E-state index contributed by atoms with van der Waals surface area (Å²) in [5.41, 5.74) is -0.413. The number of halogens is 2. The highest BCUT2D eigenvalue weighted by molar-refractivity contribution is 4.85. The summed E-state index contributed by atoms with van der Waals surface area (Å²) in [6.07, 6.45) is 1.57. The molecule has 0 saturated carbocycles. The minimum absolute atomic E-state index is 0.0181. The zero-order valence-electron chi connectivity index (χ0n) is 8.03. The van der Waals surface area contributed by atoms with Crippen molar-refractivity contribution in [3.63, 3.8) is 0 Å². The van der Waals surface area contributed by atoms with Gasteiger partial charge < -0.3 is 0 Å². The van der Waals surface area contributed by atoms with Crippen LogP contribution in [0, 0.1) is 0 Å². The van der Waals surface area contributed by atoms with Gasteiger partial charge in [0.05, 0.1) is 0 Å². The van der Waals surface area contributed by atoms with Crippen LogP contribution in [0.5, 0.6) is 0 Å². The molecule has 0 radical (unpaired) electrons. The van der Waals surface area contributed by atoms with E-state index in [9.17, 15) is 8.78 Å². The van der Waals surface area contributed by atoms with E-state index in [0.29, 0.717) is 13.0 Å². The van der Waals surface area contributed by atoms with Crippen LogP contribution in [0.25, 0.3) is 0 Å². The van der Waals surface area contributed by atoms with Gasteiger partial charge in [0.2, 0.25) is 0 Å². The van der Waals surface area contributed by atoms with E-state index in [0.717, 1.165) is 6.42 Å². The van der Waals surface area contributed by atoms with Crippen molar-refractivity contribution in [3.05, 3.63) is 0 Å². The van der Waals surface area contributed by atoms with Crippen LogP contribution in [0.3, 0.4) is 0 Å². The van der Waals surface area contributed by atoms with E-state index in [1.54, 1.807) is 0 Å². The molecule has 0 aromatic rings. The zero-order chi connectivity index (χ0) is 9.41. The summed E-state index contributed by atoms with van der Waals surface area (Å²) >= 11 is 0. The molecule has 72 valence electrons. The largest absolute Gasteiger partial charge is 0.305 e. The maximum absolute atomic E-state index is 13.3. The molecule has 12 heavy (non-hydrogen) atoms. The van der Waals surface area contributed by atoms with E-state index in [4.69, 9.17) is 0 Å². The van der Waals surface area contributed by atoms with Crippen molar-refractivity contribution in [1.82, 2.24) is 4.90 Å². The molecule has 1 nitrogen and oxygen atoms in total. The van der Waals surface area contributed by atoms with E-state index in [-0.39, 0.29) is 6.42 Å². The number of nitrogens with zero attached hydrogens (tertiary/aromatic N) is 1.